The van der Waals surface area contributed by atoms with Crippen LogP contribution in [-0.2, 0) is 14.4 Å². The summed E-state index contributed by atoms with van der Waals surface area (Å²) < 4.78 is 0. The molecule has 2 atom stereocenters. The average molecular weight is 385 g/mol. The van der Waals surface area contributed by atoms with Gasteiger partial charge in [0.2, 0.25) is 18.2 Å². The van der Waals surface area contributed by atoms with Crippen molar-refractivity contribution >= 4 is 18.2 Å². The number of nitrogens with zero attached hydrogens (tertiary/aromatic N) is 1. The summed E-state index contributed by atoms with van der Waals surface area (Å²) in [6, 6.07) is -0.611. The second-order valence-electron chi connectivity index (χ2n) is 7.32. The van der Waals surface area contributed by atoms with Gasteiger partial charge in [-0.05, 0) is 38.6 Å². The summed E-state index contributed by atoms with van der Waals surface area (Å²) in [5.74, 6) is -1.00. The number of hydrogen-bond donors (Lipinski definition) is 4. The number of hydrogen-bond acceptors (Lipinski definition) is 5. The summed E-state index contributed by atoms with van der Waals surface area (Å²) in [7, 11) is 0. The molecule has 0 aromatic rings. The van der Waals surface area contributed by atoms with E-state index in [-0.39, 0.29) is 18.4 Å². The van der Waals surface area contributed by atoms with Crippen molar-refractivity contribution in [3.8, 4) is 0 Å². The minimum atomic E-state index is -0.611. The Morgan fingerprint density at radius 1 is 1.04 bits per heavy atom. The van der Waals surface area contributed by atoms with Crippen LogP contribution in [0, 0.1) is 5.92 Å². The van der Waals surface area contributed by atoms with Crippen LogP contribution < -0.4 is 16.4 Å². The Hall–Kier alpha value is -1.67. The standard InChI is InChI=1S/C19H36N4O4/c20-12-8-7-11-17-19(26)21-13-9-5-3-1-2-4-6-10-16(18(25)22-17)14-23(27)15-24/h15-17,27H,1-14,20H2,(H,21,26)(H,22,25)/t16?,17-/m1/s1. The molecule has 5 N–H and O–H groups in total. The van der Waals surface area contributed by atoms with E-state index in [1.807, 2.05) is 0 Å². The van der Waals surface area contributed by atoms with Gasteiger partial charge in [-0.15, -0.1) is 0 Å². The van der Waals surface area contributed by atoms with Crippen molar-refractivity contribution in [3.63, 3.8) is 0 Å². The fourth-order valence-electron chi connectivity index (χ4n) is 3.36. The summed E-state index contributed by atoms with van der Waals surface area (Å²) in [6.07, 6.45) is 10.3. The zero-order valence-electron chi connectivity index (χ0n) is 16.3. The lowest BCUT2D eigenvalue weighted by Crippen LogP contribution is -2.50. The Morgan fingerprint density at radius 2 is 1.70 bits per heavy atom. The Balaban J connectivity index is 2.79. The average Bonchev–Trinajstić information content (AvgIpc) is 2.66. The highest BCUT2D eigenvalue weighted by molar-refractivity contribution is 5.88. The Labute approximate surface area is 162 Å². The minimum Gasteiger partial charge on any atom is -0.354 e. The van der Waals surface area contributed by atoms with E-state index in [4.69, 9.17) is 5.73 Å². The molecule has 156 valence electrons. The molecule has 0 radical (unpaired) electrons. The molecular formula is C19H36N4O4. The molecule has 0 aliphatic carbocycles. The number of unbranched alkanes of at least 4 members (excludes halogenated alkanes) is 1. The molecule has 0 aromatic heterocycles. The van der Waals surface area contributed by atoms with Crippen LogP contribution >= 0.6 is 0 Å². The van der Waals surface area contributed by atoms with Gasteiger partial charge in [0, 0.05) is 6.54 Å². The monoisotopic (exact) mass is 384 g/mol. The molecule has 1 aliphatic heterocycles. The van der Waals surface area contributed by atoms with E-state index in [0.29, 0.717) is 37.4 Å². The van der Waals surface area contributed by atoms with E-state index in [0.717, 1.165) is 57.8 Å². The lowest BCUT2D eigenvalue weighted by atomic mass is 9.98. The molecule has 0 saturated carbocycles. The maximum Gasteiger partial charge on any atom is 0.242 e. The second kappa shape index (κ2) is 14.4. The summed E-state index contributed by atoms with van der Waals surface area (Å²) in [5.41, 5.74) is 5.53. The molecule has 8 heteroatoms. The lowest BCUT2D eigenvalue weighted by molar-refractivity contribution is -0.155. The molecule has 1 unspecified atom stereocenters. The van der Waals surface area contributed by atoms with Crippen LogP contribution in [-0.4, -0.2) is 54.2 Å². The highest BCUT2D eigenvalue weighted by Crippen LogP contribution is 2.15. The molecule has 27 heavy (non-hydrogen) atoms. The first-order valence-corrected chi connectivity index (χ1v) is 10.3. The minimum absolute atomic E-state index is 0.0630. The molecule has 1 rings (SSSR count). The van der Waals surface area contributed by atoms with E-state index in [2.05, 4.69) is 10.6 Å². The van der Waals surface area contributed by atoms with Gasteiger partial charge in [0.1, 0.15) is 6.04 Å². The predicted molar refractivity (Wildman–Crippen MR) is 103 cm³/mol. The topological polar surface area (TPSA) is 125 Å². The maximum atomic E-state index is 12.7. The van der Waals surface area contributed by atoms with E-state index >= 15 is 0 Å². The van der Waals surface area contributed by atoms with Crippen LogP contribution in [0.15, 0.2) is 0 Å². The van der Waals surface area contributed by atoms with Gasteiger partial charge in [0.25, 0.3) is 0 Å². The Bertz CT molecular complexity index is 447. The van der Waals surface area contributed by atoms with Crippen molar-refractivity contribution in [2.24, 2.45) is 11.7 Å². The zero-order chi connectivity index (χ0) is 19.9. The predicted octanol–water partition coefficient (Wildman–Crippen LogP) is 1.31. The molecule has 1 fully saturated rings. The first kappa shape index (κ1) is 23.4. The summed E-state index contributed by atoms with van der Waals surface area (Å²) in [6.45, 7) is 1.09. The summed E-state index contributed by atoms with van der Waals surface area (Å²) in [5, 5.41) is 15.8. The first-order valence-electron chi connectivity index (χ1n) is 10.3. The zero-order valence-corrected chi connectivity index (χ0v) is 16.3. The second-order valence-corrected chi connectivity index (χ2v) is 7.32. The van der Waals surface area contributed by atoms with E-state index in [1.165, 1.54) is 0 Å². The van der Waals surface area contributed by atoms with Crippen molar-refractivity contribution in [2.75, 3.05) is 19.6 Å². The van der Waals surface area contributed by atoms with Gasteiger partial charge >= 0.3 is 0 Å². The quantitative estimate of drug-likeness (QED) is 0.228. The molecular weight excluding hydrogens is 348 g/mol. The third kappa shape index (κ3) is 10.3. The van der Waals surface area contributed by atoms with Gasteiger partial charge in [0.05, 0.1) is 12.5 Å². The summed E-state index contributed by atoms with van der Waals surface area (Å²) >= 11 is 0. The number of hydroxylamine groups is 2. The normalized spacial score (nSPS) is 23.5. The molecule has 1 saturated heterocycles. The van der Waals surface area contributed by atoms with Crippen LogP contribution in [0.1, 0.15) is 70.6 Å². The number of carbonyl (C=O) groups is 3. The van der Waals surface area contributed by atoms with Crippen molar-refractivity contribution in [2.45, 2.75) is 76.7 Å². The van der Waals surface area contributed by atoms with Gasteiger partial charge in [-0.25, -0.2) is 5.06 Å². The van der Waals surface area contributed by atoms with Crippen molar-refractivity contribution in [3.05, 3.63) is 0 Å². The van der Waals surface area contributed by atoms with E-state index in [1.54, 1.807) is 0 Å². The van der Waals surface area contributed by atoms with E-state index < -0.39 is 12.0 Å². The van der Waals surface area contributed by atoms with Crippen LogP contribution in [0.25, 0.3) is 0 Å². The number of nitrogens with one attached hydrogen (secondary N) is 2. The van der Waals surface area contributed by atoms with Crippen molar-refractivity contribution < 1.29 is 19.6 Å². The lowest BCUT2D eigenvalue weighted by Gasteiger charge is -2.23. The molecule has 0 aromatic carbocycles. The smallest absolute Gasteiger partial charge is 0.242 e. The molecule has 0 spiro atoms. The highest BCUT2D eigenvalue weighted by atomic mass is 16.5. The first-order chi connectivity index (χ1) is 13.1. The Morgan fingerprint density at radius 3 is 2.37 bits per heavy atom. The molecule has 0 bridgehead atoms. The van der Waals surface area contributed by atoms with Crippen LogP contribution in [0.2, 0.25) is 0 Å². The molecule has 1 heterocycles. The highest BCUT2D eigenvalue weighted by Gasteiger charge is 2.26. The van der Waals surface area contributed by atoms with Crippen LogP contribution in [0.4, 0.5) is 0 Å². The molecule has 3 amide bonds. The van der Waals surface area contributed by atoms with Gasteiger partial charge in [-0.3, -0.25) is 19.6 Å². The van der Waals surface area contributed by atoms with Crippen LogP contribution in [0.5, 0.6) is 0 Å². The van der Waals surface area contributed by atoms with E-state index in [9.17, 15) is 19.6 Å². The summed E-state index contributed by atoms with van der Waals surface area (Å²) in [4.78, 5) is 36.0. The van der Waals surface area contributed by atoms with Gasteiger partial charge in [-0.2, -0.15) is 0 Å². The third-order valence-corrected chi connectivity index (χ3v) is 5.01. The molecule has 1 aliphatic rings. The number of carbonyl (C=O) groups excluding carboxylic acids is 3. The SMILES string of the molecule is NCCCC[C@H]1NC(=O)C(CN(O)C=O)CCCCCCCCCNC1=O. The van der Waals surface area contributed by atoms with Crippen molar-refractivity contribution in [1.29, 1.82) is 0 Å². The maximum absolute atomic E-state index is 12.7. The van der Waals surface area contributed by atoms with Gasteiger partial charge in [0.15, 0.2) is 0 Å². The fraction of sp³-hybridized carbons (Fsp3) is 0.842. The number of amides is 3. The Kier molecular flexibility index (Phi) is 12.5. The number of rotatable bonds is 7. The van der Waals surface area contributed by atoms with Crippen LogP contribution in [0.3, 0.4) is 0 Å². The fourth-order valence-corrected chi connectivity index (χ4v) is 3.36. The van der Waals surface area contributed by atoms with Gasteiger partial charge in [-0.1, -0.05) is 38.5 Å². The molecule has 8 nitrogen and oxygen atoms in total. The largest absolute Gasteiger partial charge is 0.354 e. The number of nitrogens with two attached hydrogens (primary N) is 1. The van der Waals surface area contributed by atoms with Gasteiger partial charge < -0.3 is 16.4 Å². The third-order valence-electron chi connectivity index (χ3n) is 5.01. The van der Waals surface area contributed by atoms with Crippen molar-refractivity contribution in [1.82, 2.24) is 15.7 Å².